The number of nitrogens with zero attached hydrogens (tertiary/aromatic N) is 2. The lowest BCUT2D eigenvalue weighted by Gasteiger charge is -2.05. The van der Waals surface area contributed by atoms with Crippen molar-refractivity contribution in [1.29, 1.82) is 0 Å². The summed E-state index contributed by atoms with van der Waals surface area (Å²) < 4.78 is 1.94. The van der Waals surface area contributed by atoms with Crippen LogP contribution in [0.4, 0.5) is 0 Å². The fourth-order valence-corrected chi connectivity index (χ4v) is 2.53. The van der Waals surface area contributed by atoms with Crippen LogP contribution in [0.3, 0.4) is 0 Å². The minimum atomic E-state index is 0.938. The van der Waals surface area contributed by atoms with Crippen molar-refractivity contribution in [2.24, 2.45) is 7.05 Å². The molecule has 1 aromatic heterocycles. The predicted octanol–water partition coefficient (Wildman–Crippen LogP) is 4.43. The topological polar surface area (TPSA) is 29.9 Å². The van der Waals surface area contributed by atoms with E-state index in [4.69, 9.17) is 0 Å². The minimum absolute atomic E-state index is 0.938. The summed E-state index contributed by atoms with van der Waals surface area (Å²) in [5.41, 5.74) is 1.26. The van der Waals surface area contributed by atoms with Gasteiger partial charge in [0.15, 0.2) is 0 Å². The second-order valence-electron chi connectivity index (χ2n) is 5.80. The molecule has 0 saturated heterocycles. The first-order valence-corrected chi connectivity index (χ1v) is 8.52. The van der Waals surface area contributed by atoms with Crippen molar-refractivity contribution in [3.8, 4) is 0 Å². The summed E-state index contributed by atoms with van der Waals surface area (Å²) in [5.74, 6) is 0. The van der Waals surface area contributed by atoms with Crippen LogP contribution in [0.25, 0.3) is 0 Å². The lowest BCUT2D eigenvalue weighted by Crippen LogP contribution is -2.16. The molecule has 0 bridgehead atoms. The average Bonchev–Trinajstić information content (AvgIpc) is 2.85. The van der Waals surface area contributed by atoms with E-state index in [0.717, 1.165) is 13.1 Å². The van der Waals surface area contributed by atoms with E-state index < -0.39 is 0 Å². The Kier molecular flexibility index (Phi) is 10.3. The molecular formula is C17H33N3. The highest BCUT2D eigenvalue weighted by Crippen LogP contribution is 2.10. The third-order valence-corrected chi connectivity index (χ3v) is 3.94. The number of nitrogens with one attached hydrogen (secondary N) is 1. The quantitative estimate of drug-likeness (QED) is 0.541. The lowest BCUT2D eigenvalue weighted by molar-refractivity contribution is 0.538. The predicted molar refractivity (Wildman–Crippen MR) is 86.8 cm³/mol. The Morgan fingerprint density at radius 1 is 0.950 bits per heavy atom. The summed E-state index contributed by atoms with van der Waals surface area (Å²) in [7, 11) is 2.00. The number of hydrogen-bond acceptors (Lipinski definition) is 2. The monoisotopic (exact) mass is 279 g/mol. The summed E-state index contributed by atoms with van der Waals surface area (Å²) in [6, 6.07) is 2.07. The molecule has 0 aliphatic rings. The molecule has 116 valence electrons. The summed E-state index contributed by atoms with van der Waals surface area (Å²) >= 11 is 0. The van der Waals surface area contributed by atoms with E-state index in [-0.39, 0.29) is 0 Å². The van der Waals surface area contributed by atoms with E-state index in [1.54, 1.807) is 0 Å². The molecule has 0 aromatic carbocycles. The number of aryl methyl sites for hydroxylation is 1. The van der Waals surface area contributed by atoms with Gasteiger partial charge in [-0.1, -0.05) is 64.7 Å². The minimum Gasteiger partial charge on any atom is -0.311 e. The first-order chi connectivity index (χ1) is 9.84. The van der Waals surface area contributed by atoms with Gasteiger partial charge in [-0.25, -0.2) is 0 Å². The Labute approximate surface area is 125 Å². The highest BCUT2D eigenvalue weighted by Gasteiger charge is 1.97. The van der Waals surface area contributed by atoms with E-state index in [1.807, 2.05) is 17.9 Å². The van der Waals surface area contributed by atoms with E-state index in [0.29, 0.717) is 0 Å². The van der Waals surface area contributed by atoms with Crippen molar-refractivity contribution in [2.45, 2.75) is 77.7 Å². The van der Waals surface area contributed by atoms with Crippen LogP contribution in [0, 0.1) is 0 Å². The second-order valence-corrected chi connectivity index (χ2v) is 5.80. The summed E-state index contributed by atoms with van der Waals surface area (Å²) in [5, 5.41) is 7.66. The molecule has 1 N–H and O–H groups in total. The van der Waals surface area contributed by atoms with Gasteiger partial charge in [-0.15, -0.1) is 0 Å². The molecule has 3 nitrogen and oxygen atoms in total. The van der Waals surface area contributed by atoms with Gasteiger partial charge >= 0.3 is 0 Å². The standard InChI is InChI=1S/C17H33N3/c1-3-4-5-6-7-8-9-10-11-12-14-18-16-17-13-15-19-20(17)2/h13,15,18H,3-12,14,16H2,1-2H3. The van der Waals surface area contributed by atoms with Crippen LogP contribution in [-0.2, 0) is 13.6 Å². The van der Waals surface area contributed by atoms with E-state index in [9.17, 15) is 0 Å². The third kappa shape index (κ3) is 8.36. The van der Waals surface area contributed by atoms with Crippen molar-refractivity contribution in [3.05, 3.63) is 18.0 Å². The van der Waals surface area contributed by atoms with Crippen LogP contribution in [0.15, 0.2) is 12.3 Å². The van der Waals surface area contributed by atoms with Crippen LogP contribution in [0.5, 0.6) is 0 Å². The molecule has 1 rings (SSSR count). The molecule has 1 aromatic rings. The van der Waals surface area contributed by atoms with E-state index in [1.165, 1.54) is 69.9 Å². The largest absolute Gasteiger partial charge is 0.311 e. The first-order valence-electron chi connectivity index (χ1n) is 8.52. The molecule has 0 saturated carbocycles. The van der Waals surface area contributed by atoms with Crippen LogP contribution in [0.1, 0.15) is 76.8 Å². The number of aromatic nitrogens is 2. The zero-order valence-electron chi connectivity index (χ0n) is 13.5. The van der Waals surface area contributed by atoms with Gasteiger partial charge in [0.25, 0.3) is 0 Å². The molecule has 0 spiro atoms. The molecule has 0 radical (unpaired) electrons. The third-order valence-electron chi connectivity index (χ3n) is 3.94. The second kappa shape index (κ2) is 12.0. The maximum atomic E-state index is 4.17. The van der Waals surface area contributed by atoms with Crippen molar-refractivity contribution in [1.82, 2.24) is 15.1 Å². The van der Waals surface area contributed by atoms with Crippen molar-refractivity contribution in [3.63, 3.8) is 0 Å². The molecule has 3 heteroatoms. The van der Waals surface area contributed by atoms with E-state index in [2.05, 4.69) is 23.4 Å². The normalized spacial score (nSPS) is 11.1. The van der Waals surface area contributed by atoms with E-state index >= 15 is 0 Å². The number of hydrogen-bond donors (Lipinski definition) is 1. The Morgan fingerprint density at radius 2 is 1.55 bits per heavy atom. The Morgan fingerprint density at radius 3 is 2.10 bits per heavy atom. The van der Waals surface area contributed by atoms with Crippen molar-refractivity contribution >= 4 is 0 Å². The first kappa shape index (κ1) is 17.2. The van der Waals surface area contributed by atoms with Gasteiger partial charge in [-0.3, -0.25) is 4.68 Å². The molecule has 0 atom stereocenters. The summed E-state index contributed by atoms with van der Waals surface area (Å²) in [6.45, 7) is 4.35. The van der Waals surface area contributed by atoms with Crippen LogP contribution in [-0.4, -0.2) is 16.3 Å². The fraction of sp³-hybridized carbons (Fsp3) is 0.824. The van der Waals surface area contributed by atoms with Crippen LogP contribution >= 0.6 is 0 Å². The summed E-state index contributed by atoms with van der Waals surface area (Å²) in [4.78, 5) is 0. The number of unbranched alkanes of at least 4 members (excludes halogenated alkanes) is 9. The van der Waals surface area contributed by atoms with Gasteiger partial charge in [-0.2, -0.15) is 5.10 Å². The molecule has 0 aliphatic heterocycles. The highest BCUT2D eigenvalue weighted by atomic mass is 15.3. The SMILES string of the molecule is CCCCCCCCCCCCNCc1ccnn1C. The van der Waals surface area contributed by atoms with Gasteiger partial charge in [-0.05, 0) is 19.0 Å². The Hall–Kier alpha value is -0.830. The molecular weight excluding hydrogens is 246 g/mol. The zero-order chi connectivity index (χ0) is 14.5. The number of rotatable bonds is 13. The van der Waals surface area contributed by atoms with Crippen molar-refractivity contribution < 1.29 is 0 Å². The maximum Gasteiger partial charge on any atom is 0.0518 e. The molecule has 0 unspecified atom stereocenters. The molecule has 20 heavy (non-hydrogen) atoms. The van der Waals surface area contributed by atoms with Crippen molar-refractivity contribution in [2.75, 3.05) is 6.54 Å². The van der Waals surface area contributed by atoms with Gasteiger partial charge in [0, 0.05) is 19.8 Å². The fourth-order valence-electron chi connectivity index (χ4n) is 2.53. The average molecular weight is 279 g/mol. The maximum absolute atomic E-state index is 4.17. The molecule has 0 fully saturated rings. The van der Waals surface area contributed by atoms with Gasteiger partial charge in [0.1, 0.15) is 0 Å². The molecule has 1 heterocycles. The highest BCUT2D eigenvalue weighted by molar-refractivity contribution is 4.98. The van der Waals surface area contributed by atoms with Crippen LogP contribution in [0.2, 0.25) is 0 Å². The Bertz CT molecular complexity index is 320. The lowest BCUT2D eigenvalue weighted by atomic mass is 10.1. The Balaban J connectivity index is 1.78. The summed E-state index contributed by atoms with van der Waals surface area (Å²) in [6.07, 6.45) is 15.9. The smallest absolute Gasteiger partial charge is 0.0518 e. The van der Waals surface area contributed by atoms with Crippen LogP contribution < -0.4 is 5.32 Å². The zero-order valence-corrected chi connectivity index (χ0v) is 13.5. The molecule has 0 amide bonds. The van der Waals surface area contributed by atoms with Gasteiger partial charge in [0.05, 0.1) is 5.69 Å². The molecule has 0 aliphatic carbocycles. The van der Waals surface area contributed by atoms with Gasteiger partial charge in [0.2, 0.25) is 0 Å². The van der Waals surface area contributed by atoms with Gasteiger partial charge < -0.3 is 5.32 Å².